The fourth-order valence-corrected chi connectivity index (χ4v) is 1.84. The molecule has 0 bridgehead atoms. The van der Waals surface area contributed by atoms with Gasteiger partial charge in [0.1, 0.15) is 10.6 Å². The molecule has 0 aliphatic carbocycles. The van der Waals surface area contributed by atoms with E-state index in [4.69, 9.17) is 0 Å². The van der Waals surface area contributed by atoms with Crippen molar-refractivity contribution in [2.75, 3.05) is 0 Å². The average Bonchev–Trinajstić information content (AvgIpc) is 2.30. The molecule has 1 heterocycles. The Balaban J connectivity index is 2.92. The number of aliphatic hydroxyl groups is 1. The Bertz CT molecular complexity index is 260. The summed E-state index contributed by atoms with van der Waals surface area (Å²) in [7, 11) is 0. The summed E-state index contributed by atoms with van der Waals surface area (Å²) in [5, 5.41) is 12.4. The van der Waals surface area contributed by atoms with Crippen molar-refractivity contribution in [2.24, 2.45) is 0 Å². The molecule has 1 N–H and O–H groups in total. The van der Waals surface area contributed by atoms with E-state index in [0.29, 0.717) is 5.92 Å². The minimum atomic E-state index is -0.794. The third-order valence-corrected chi connectivity index (χ3v) is 2.81. The summed E-state index contributed by atoms with van der Waals surface area (Å²) in [6.45, 7) is 7.72. The number of rotatable bonds is 2. The van der Waals surface area contributed by atoms with Crippen LogP contribution in [0.5, 0.6) is 0 Å². The van der Waals surface area contributed by atoms with Crippen LogP contribution in [0.4, 0.5) is 0 Å². The van der Waals surface area contributed by atoms with E-state index in [1.807, 2.05) is 5.38 Å². The lowest BCUT2D eigenvalue weighted by molar-refractivity contribution is 0.0781. The average molecular weight is 185 g/mol. The number of hydrogen-bond acceptors (Lipinski definition) is 3. The monoisotopic (exact) mass is 185 g/mol. The molecule has 0 aliphatic heterocycles. The third kappa shape index (κ3) is 2.05. The smallest absolute Gasteiger partial charge is 0.124 e. The summed E-state index contributed by atoms with van der Waals surface area (Å²) in [5.41, 5.74) is 0.273. The maximum atomic E-state index is 9.63. The zero-order valence-electron chi connectivity index (χ0n) is 7.96. The van der Waals surface area contributed by atoms with Crippen LogP contribution in [-0.4, -0.2) is 10.1 Å². The van der Waals surface area contributed by atoms with Crippen LogP contribution in [0, 0.1) is 0 Å². The lowest BCUT2D eigenvalue weighted by Crippen LogP contribution is -2.15. The standard InChI is InChI=1S/C9H15NOS/c1-6(2)7-5-12-8(10-7)9(3,4)11/h5-6,11H,1-4H3. The normalized spacial score (nSPS) is 12.5. The largest absolute Gasteiger partial charge is 0.383 e. The predicted molar refractivity (Wildman–Crippen MR) is 51.4 cm³/mol. The van der Waals surface area contributed by atoms with Gasteiger partial charge in [-0.15, -0.1) is 11.3 Å². The Morgan fingerprint density at radius 2 is 2.08 bits per heavy atom. The minimum absolute atomic E-state index is 0.442. The Morgan fingerprint density at radius 3 is 2.33 bits per heavy atom. The molecule has 1 aromatic rings. The first-order valence-corrected chi connectivity index (χ1v) is 4.97. The predicted octanol–water partition coefficient (Wildman–Crippen LogP) is 2.49. The van der Waals surface area contributed by atoms with Crippen molar-refractivity contribution in [1.29, 1.82) is 0 Å². The fraction of sp³-hybridized carbons (Fsp3) is 0.667. The van der Waals surface area contributed by atoms with Crippen molar-refractivity contribution in [2.45, 2.75) is 39.2 Å². The van der Waals surface area contributed by atoms with Gasteiger partial charge >= 0.3 is 0 Å². The zero-order chi connectivity index (χ0) is 9.35. The van der Waals surface area contributed by atoms with Gasteiger partial charge in [-0.05, 0) is 19.8 Å². The van der Waals surface area contributed by atoms with Crippen molar-refractivity contribution in [3.63, 3.8) is 0 Å². The van der Waals surface area contributed by atoms with Crippen LogP contribution in [0.25, 0.3) is 0 Å². The van der Waals surface area contributed by atoms with E-state index in [1.54, 1.807) is 13.8 Å². The zero-order valence-corrected chi connectivity index (χ0v) is 8.77. The Labute approximate surface area is 77.3 Å². The number of hydrogen-bond donors (Lipinski definition) is 1. The molecule has 0 atom stereocenters. The molecule has 1 aromatic heterocycles. The molecule has 0 radical (unpaired) electrons. The van der Waals surface area contributed by atoms with Crippen molar-refractivity contribution in [1.82, 2.24) is 4.98 Å². The van der Waals surface area contributed by atoms with E-state index in [2.05, 4.69) is 18.8 Å². The molecule has 0 aromatic carbocycles. The van der Waals surface area contributed by atoms with E-state index in [-0.39, 0.29) is 0 Å². The summed E-state index contributed by atoms with van der Waals surface area (Å²) < 4.78 is 0. The molecule has 0 amide bonds. The van der Waals surface area contributed by atoms with Crippen LogP contribution in [0.15, 0.2) is 5.38 Å². The van der Waals surface area contributed by atoms with Gasteiger partial charge in [-0.3, -0.25) is 0 Å². The molecule has 68 valence electrons. The summed E-state index contributed by atoms with van der Waals surface area (Å²) in [6, 6.07) is 0. The minimum Gasteiger partial charge on any atom is -0.383 e. The molecular weight excluding hydrogens is 170 g/mol. The number of aromatic nitrogens is 1. The van der Waals surface area contributed by atoms with E-state index < -0.39 is 5.60 Å². The van der Waals surface area contributed by atoms with Gasteiger partial charge in [0.25, 0.3) is 0 Å². The Hall–Kier alpha value is -0.410. The van der Waals surface area contributed by atoms with Crippen LogP contribution in [0.3, 0.4) is 0 Å². The van der Waals surface area contributed by atoms with Crippen molar-refractivity contribution < 1.29 is 5.11 Å². The second-order valence-corrected chi connectivity index (χ2v) is 4.65. The molecule has 0 aliphatic rings. The van der Waals surface area contributed by atoms with Crippen LogP contribution in [0.2, 0.25) is 0 Å². The van der Waals surface area contributed by atoms with Crippen LogP contribution in [-0.2, 0) is 5.60 Å². The summed E-state index contributed by atoms with van der Waals surface area (Å²) in [6.07, 6.45) is 0. The molecule has 0 saturated carbocycles. The van der Waals surface area contributed by atoms with Gasteiger partial charge in [0.15, 0.2) is 0 Å². The van der Waals surface area contributed by atoms with Crippen molar-refractivity contribution in [3.8, 4) is 0 Å². The first-order chi connectivity index (χ1) is 5.41. The summed E-state index contributed by atoms with van der Waals surface area (Å²) >= 11 is 1.52. The first kappa shape index (κ1) is 9.68. The van der Waals surface area contributed by atoms with Gasteiger partial charge in [-0.1, -0.05) is 13.8 Å². The summed E-state index contributed by atoms with van der Waals surface area (Å²) in [4.78, 5) is 4.35. The lowest BCUT2D eigenvalue weighted by atomic mass is 10.1. The van der Waals surface area contributed by atoms with Crippen LogP contribution >= 0.6 is 11.3 Å². The van der Waals surface area contributed by atoms with E-state index in [9.17, 15) is 5.11 Å². The van der Waals surface area contributed by atoms with Gasteiger partial charge < -0.3 is 5.11 Å². The van der Waals surface area contributed by atoms with Crippen molar-refractivity contribution >= 4 is 11.3 Å². The molecular formula is C9H15NOS. The molecule has 0 saturated heterocycles. The topological polar surface area (TPSA) is 33.1 Å². The molecule has 12 heavy (non-hydrogen) atoms. The molecule has 3 heteroatoms. The highest BCUT2D eigenvalue weighted by molar-refractivity contribution is 7.09. The highest BCUT2D eigenvalue weighted by Gasteiger charge is 2.20. The molecule has 0 spiro atoms. The quantitative estimate of drug-likeness (QED) is 0.768. The van der Waals surface area contributed by atoms with Gasteiger partial charge in [-0.25, -0.2) is 4.98 Å². The second kappa shape index (κ2) is 3.15. The van der Waals surface area contributed by atoms with E-state index in [0.717, 1.165) is 10.7 Å². The Morgan fingerprint density at radius 1 is 1.50 bits per heavy atom. The van der Waals surface area contributed by atoms with E-state index >= 15 is 0 Å². The second-order valence-electron chi connectivity index (χ2n) is 3.79. The maximum Gasteiger partial charge on any atom is 0.124 e. The number of thiazole rings is 1. The van der Waals surface area contributed by atoms with Crippen molar-refractivity contribution in [3.05, 3.63) is 16.1 Å². The summed E-state index contributed by atoms with van der Waals surface area (Å²) in [5.74, 6) is 0.442. The van der Waals surface area contributed by atoms with Gasteiger partial charge in [0.2, 0.25) is 0 Å². The third-order valence-electron chi connectivity index (χ3n) is 1.64. The lowest BCUT2D eigenvalue weighted by Gasteiger charge is -2.12. The first-order valence-electron chi connectivity index (χ1n) is 4.09. The number of nitrogens with zero attached hydrogens (tertiary/aromatic N) is 1. The van der Waals surface area contributed by atoms with Crippen LogP contribution in [0.1, 0.15) is 44.3 Å². The molecule has 1 rings (SSSR count). The molecule has 0 fully saturated rings. The fourth-order valence-electron chi connectivity index (χ4n) is 0.832. The highest BCUT2D eigenvalue weighted by atomic mass is 32.1. The van der Waals surface area contributed by atoms with Gasteiger partial charge in [0.05, 0.1) is 5.69 Å². The van der Waals surface area contributed by atoms with Gasteiger partial charge in [-0.2, -0.15) is 0 Å². The highest BCUT2D eigenvalue weighted by Crippen LogP contribution is 2.26. The molecule has 0 unspecified atom stereocenters. The SMILES string of the molecule is CC(C)c1csc(C(C)(C)O)n1. The Kier molecular flexibility index (Phi) is 2.54. The van der Waals surface area contributed by atoms with E-state index in [1.165, 1.54) is 11.3 Å². The maximum absolute atomic E-state index is 9.63. The molecule has 2 nitrogen and oxygen atoms in total. The van der Waals surface area contributed by atoms with Gasteiger partial charge in [0, 0.05) is 5.38 Å². The van der Waals surface area contributed by atoms with Crippen LogP contribution < -0.4 is 0 Å².